The van der Waals surface area contributed by atoms with Gasteiger partial charge in [0.05, 0.1) is 18.3 Å². The highest BCUT2D eigenvalue weighted by molar-refractivity contribution is 6.29. The second kappa shape index (κ2) is 4.82. The Balaban J connectivity index is 1.58. The zero-order valence-corrected chi connectivity index (χ0v) is 10.7. The molecule has 6 heteroatoms. The van der Waals surface area contributed by atoms with Gasteiger partial charge in [0.15, 0.2) is 5.15 Å². The van der Waals surface area contributed by atoms with Crippen molar-refractivity contribution in [3.05, 3.63) is 23.2 Å². The van der Waals surface area contributed by atoms with Gasteiger partial charge < -0.3 is 10.6 Å². The van der Waals surface area contributed by atoms with E-state index >= 15 is 0 Å². The van der Waals surface area contributed by atoms with Crippen LogP contribution in [0.4, 0.5) is 0 Å². The molecule has 0 unspecified atom stereocenters. The van der Waals surface area contributed by atoms with Crippen LogP contribution in [0.5, 0.6) is 0 Å². The van der Waals surface area contributed by atoms with Gasteiger partial charge in [-0.3, -0.25) is 9.78 Å². The lowest BCUT2D eigenvalue weighted by atomic mass is 9.99. The molecule has 2 fully saturated rings. The van der Waals surface area contributed by atoms with E-state index in [1.54, 1.807) is 6.20 Å². The Morgan fingerprint density at radius 2 is 2.28 bits per heavy atom. The Kier molecular flexibility index (Phi) is 3.18. The van der Waals surface area contributed by atoms with Gasteiger partial charge in [-0.1, -0.05) is 11.6 Å². The quantitative estimate of drug-likeness (QED) is 0.853. The van der Waals surface area contributed by atoms with Crippen molar-refractivity contribution in [2.45, 2.75) is 37.9 Å². The van der Waals surface area contributed by atoms with Gasteiger partial charge in [-0.05, 0) is 25.2 Å². The molecule has 1 saturated heterocycles. The average Bonchev–Trinajstić information content (AvgIpc) is 2.99. The Morgan fingerprint density at radius 1 is 1.44 bits per heavy atom. The molecule has 2 heterocycles. The fourth-order valence-corrected chi connectivity index (χ4v) is 3.07. The molecule has 1 aliphatic heterocycles. The van der Waals surface area contributed by atoms with E-state index < -0.39 is 0 Å². The average molecular weight is 267 g/mol. The fourth-order valence-electron chi connectivity index (χ4n) is 2.90. The lowest BCUT2D eigenvalue weighted by Crippen LogP contribution is -2.47. The predicted octanol–water partition coefficient (Wildman–Crippen LogP) is 0.887. The highest BCUT2D eigenvalue weighted by Gasteiger charge is 2.42. The summed E-state index contributed by atoms with van der Waals surface area (Å²) in [5.74, 6) is 0.538. The van der Waals surface area contributed by atoms with Crippen LogP contribution in [-0.4, -0.2) is 28.0 Å². The maximum Gasteiger partial charge on any atom is 0.237 e. The highest BCUT2D eigenvalue weighted by Crippen LogP contribution is 2.35. The lowest BCUT2D eigenvalue weighted by Gasteiger charge is -2.22. The maximum absolute atomic E-state index is 12.1. The first kappa shape index (κ1) is 11.9. The summed E-state index contributed by atoms with van der Waals surface area (Å²) in [5, 5.41) is 6.58. The summed E-state index contributed by atoms with van der Waals surface area (Å²) in [6.45, 7) is 0.334. The molecule has 1 aromatic heterocycles. The number of carbonyl (C=O) groups excluding carboxylic acids is 1. The molecule has 1 saturated carbocycles. The number of fused-ring (bicyclic) bond motifs is 2. The zero-order chi connectivity index (χ0) is 12.5. The van der Waals surface area contributed by atoms with Crippen molar-refractivity contribution < 1.29 is 4.79 Å². The van der Waals surface area contributed by atoms with Crippen molar-refractivity contribution in [3.8, 4) is 0 Å². The highest BCUT2D eigenvalue weighted by atomic mass is 35.5. The largest absolute Gasteiger partial charge is 0.349 e. The monoisotopic (exact) mass is 266 g/mol. The third kappa shape index (κ3) is 2.20. The summed E-state index contributed by atoms with van der Waals surface area (Å²) in [5.41, 5.74) is 0.607. The number of aromatic nitrogens is 2. The van der Waals surface area contributed by atoms with E-state index in [9.17, 15) is 4.79 Å². The van der Waals surface area contributed by atoms with Gasteiger partial charge in [-0.25, -0.2) is 4.98 Å². The molecule has 0 radical (unpaired) electrons. The van der Waals surface area contributed by atoms with Gasteiger partial charge in [0.25, 0.3) is 0 Å². The van der Waals surface area contributed by atoms with Gasteiger partial charge in [-0.15, -0.1) is 0 Å². The SMILES string of the molecule is O=C(NCc1nccnc1Cl)[C@H]1N[C@@H]2CC[C@H]1C2. The number of piperidine rings is 1. The van der Waals surface area contributed by atoms with E-state index in [2.05, 4.69) is 20.6 Å². The van der Waals surface area contributed by atoms with Gasteiger partial charge in [0.2, 0.25) is 5.91 Å². The second-order valence-corrected chi connectivity index (χ2v) is 5.28. The molecule has 18 heavy (non-hydrogen) atoms. The zero-order valence-electron chi connectivity index (χ0n) is 9.90. The van der Waals surface area contributed by atoms with E-state index in [1.165, 1.54) is 12.6 Å². The van der Waals surface area contributed by atoms with Gasteiger partial charge in [0, 0.05) is 18.4 Å². The number of carbonyl (C=O) groups is 1. The molecule has 1 aromatic rings. The smallest absolute Gasteiger partial charge is 0.237 e. The molecule has 3 rings (SSSR count). The number of nitrogens with one attached hydrogen (secondary N) is 2. The summed E-state index contributed by atoms with van der Waals surface area (Å²) in [4.78, 5) is 20.1. The van der Waals surface area contributed by atoms with Gasteiger partial charge >= 0.3 is 0 Å². The fraction of sp³-hybridized carbons (Fsp3) is 0.583. The number of nitrogens with zero attached hydrogens (tertiary/aromatic N) is 2. The Labute approximate surface area is 110 Å². The van der Waals surface area contributed by atoms with Crippen molar-refractivity contribution >= 4 is 17.5 Å². The van der Waals surface area contributed by atoms with E-state index in [0.717, 1.165) is 12.8 Å². The number of amides is 1. The number of halogens is 1. The van der Waals surface area contributed by atoms with Crippen LogP contribution in [0.15, 0.2) is 12.4 Å². The number of hydrogen-bond donors (Lipinski definition) is 2. The third-order valence-electron chi connectivity index (χ3n) is 3.80. The molecule has 1 aliphatic carbocycles. The molecule has 96 valence electrons. The van der Waals surface area contributed by atoms with Crippen molar-refractivity contribution in [3.63, 3.8) is 0 Å². The van der Waals surface area contributed by atoms with Gasteiger partial charge in [-0.2, -0.15) is 0 Å². The summed E-state index contributed by atoms with van der Waals surface area (Å²) in [6, 6.07) is 0.491. The Hall–Kier alpha value is -1.20. The minimum Gasteiger partial charge on any atom is -0.349 e. The van der Waals surface area contributed by atoms with Crippen molar-refractivity contribution in [2.75, 3.05) is 0 Å². The van der Waals surface area contributed by atoms with Crippen LogP contribution >= 0.6 is 11.6 Å². The summed E-state index contributed by atoms with van der Waals surface area (Å²) in [6.07, 6.45) is 6.59. The molecular weight excluding hydrogens is 252 g/mol. The lowest BCUT2D eigenvalue weighted by molar-refractivity contribution is -0.124. The first-order valence-corrected chi connectivity index (χ1v) is 6.61. The molecule has 5 nitrogen and oxygen atoms in total. The predicted molar refractivity (Wildman–Crippen MR) is 66.9 cm³/mol. The van der Waals surface area contributed by atoms with Crippen LogP contribution < -0.4 is 10.6 Å². The molecule has 0 spiro atoms. The normalized spacial score (nSPS) is 29.5. The maximum atomic E-state index is 12.1. The van der Waals surface area contributed by atoms with Crippen molar-refractivity contribution in [1.82, 2.24) is 20.6 Å². The summed E-state index contributed by atoms with van der Waals surface area (Å²) in [7, 11) is 0. The third-order valence-corrected chi connectivity index (χ3v) is 4.11. The van der Waals surface area contributed by atoms with Crippen LogP contribution in [0.1, 0.15) is 25.0 Å². The minimum absolute atomic E-state index is 0.0424. The molecule has 3 atom stereocenters. The van der Waals surface area contributed by atoms with Crippen LogP contribution in [0.3, 0.4) is 0 Å². The topological polar surface area (TPSA) is 66.9 Å². The number of hydrogen-bond acceptors (Lipinski definition) is 4. The van der Waals surface area contributed by atoms with E-state index in [1.807, 2.05) is 0 Å². The first-order valence-electron chi connectivity index (χ1n) is 6.23. The Bertz CT molecular complexity index is 467. The first-order chi connectivity index (χ1) is 8.74. The van der Waals surface area contributed by atoms with E-state index in [0.29, 0.717) is 29.4 Å². The molecule has 2 N–H and O–H groups in total. The van der Waals surface area contributed by atoms with Crippen LogP contribution in [0.2, 0.25) is 5.15 Å². The van der Waals surface area contributed by atoms with E-state index in [-0.39, 0.29) is 11.9 Å². The minimum atomic E-state index is -0.0424. The second-order valence-electron chi connectivity index (χ2n) is 4.93. The van der Waals surface area contributed by atoms with Crippen LogP contribution in [0.25, 0.3) is 0 Å². The van der Waals surface area contributed by atoms with Gasteiger partial charge in [0.1, 0.15) is 0 Å². The standard InChI is InChI=1S/C12H15ClN4O/c13-11-9(14-3-4-15-11)6-16-12(18)10-7-1-2-8(5-7)17-10/h3-4,7-8,10,17H,1-2,5-6H2,(H,16,18)/t7-,8+,10-/m0/s1. The molecule has 2 bridgehead atoms. The van der Waals surface area contributed by atoms with Crippen molar-refractivity contribution in [1.29, 1.82) is 0 Å². The van der Waals surface area contributed by atoms with Crippen LogP contribution in [0, 0.1) is 5.92 Å². The van der Waals surface area contributed by atoms with E-state index in [4.69, 9.17) is 11.6 Å². The Morgan fingerprint density at radius 3 is 2.94 bits per heavy atom. The van der Waals surface area contributed by atoms with Crippen molar-refractivity contribution in [2.24, 2.45) is 5.92 Å². The van der Waals surface area contributed by atoms with Crippen LogP contribution in [-0.2, 0) is 11.3 Å². The summed E-state index contributed by atoms with van der Waals surface area (Å²) < 4.78 is 0. The molecule has 0 aromatic carbocycles. The molecule has 1 amide bonds. The summed E-state index contributed by atoms with van der Waals surface area (Å²) >= 11 is 5.89. The molecular formula is C12H15ClN4O. The molecule has 2 aliphatic rings. The number of rotatable bonds is 3.